The van der Waals surface area contributed by atoms with Crippen LogP contribution in [-0.2, 0) is 43.6 Å². The summed E-state index contributed by atoms with van der Waals surface area (Å²) in [6, 6.07) is 40.1. The van der Waals surface area contributed by atoms with Crippen molar-refractivity contribution >= 4 is 25.3 Å². The molecule has 1 aliphatic heterocycles. The molecule has 0 spiro atoms. The van der Waals surface area contributed by atoms with Gasteiger partial charge in [0.05, 0.1) is 0 Å². The van der Waals surface area contributed by atoms with Gasteiger partial charge in [-0.15, -0.1) is 0 Å². The van der Waals surface area contributed by atoms with Crippen LogP contribution >= 0.6 is 0 Å². The summed E-state index contributed by atoms with van der Waals surface area (Å²) in [6.07, 6.45) is -1.35. The summed E-state index contributed by atoms with van der Waals surface area (Å²) >= 11 is -0.106. The molecule has 4 aromatic carbocycles. The van der Waals surface area contributed by atoms with E-state index in [1.54, 1.807) is 0 Å². The van der Waals surface area contributed by atoms with Gasteiger partial charge in [0, 0.05) is 0 Å². The number of nitrogens with one attached hydrogen (secondary N) is 1. The SMILES string of the molecule is CC(=O)N[C@@H]1[C@@H](OCc2ccccc2)[C@@H](OCc2ccccc2)[C@@H](COCc2ccccc2)O[C@@H]1[Se]c1ccccc1. The molecule has 5 atom stereocenters. The maximum atomic E-state index is 12.5. The van der Waals surface area contributed by atoms with Crippen molar-refractivity contribution in [3.63, 3.8) is 0 Å². The molecule has 1 N–H and O–H groups in total. The summed E-state index contributed by atoms with van der Waals surface area (Å²) < 4.78 is 27.5. The Balaban J connectivity index is 1.44. The summed E-state index contributed by atoms with van der Waals surface area (Å²) in [5.74, 6) is -0.133. The van der Waals surface area contributed by atoms with Crippen LogP contribution in [0.5, 0.6) is 0 Å². The molecule has 0 aromatic heterocycles. The number of ether oxygens (including phenoxy) is 4. The zero-order valence-corrected chi connectivity index (χ0v) is 25.4. The van der Waals surface area contributed by atoms with Crippen molar-refractivity contribution in [2.45, 2.75) is 56.1 Å². The summed E-state index contributed by atoms with van der Waals surface area (Å²) in [4.78, 5) is 12.5. The average molecular weight is 631 g/mol. The predicted molar refractivity (Wildman–Crippen MR) is 164 cm³/mol. The third-order valence-corrected chi connectivity index (χ3v) is 9.45. The number of carbonyl (C=O) groups is 1. The monoisotopic (exact) mass is 631 g/mol. The van der Waals surface area contributed by atoms with E-state index in [0.717, 1.165) is 16.7 Å². The average Bonchev–Trinajstić information content (AvgIpc) is 3.02. The van der Waals surface area contributed by atoms with Gasteiger partial charge in [-0.2, -0.15) is 0 Å². The van der Waals surface area contributed by atoms with E-state index in [1.807, 2.05) is 109 Å². The zero-order chi connectivity index (χ0) is 29.0. The molecule has 4 aromatic rings. The van der Waals surface area contributed by atoms with Crippen LogP contribution in [0.25, 0.3) is 0 Å². The summed E-state index contributed by atoms with van der Waals surface area (Å²) in [7, 11) is 0. The number of carbonyl (C=O) groups excluding carboxylic acids is 1. The van der Waals surface area contributed by atoms with Gasteiger partial charge in [0.25, 0.3) is 0 Å². The number of hydrogen-bond acceptors (Lipinski definition) is 5. The fourth-order valence-corrected chi connectivity index (χ4v) is 7.37. The molecule has 6 nitrogen and oxygen atoms in total. The zero-order valence-electron chi connectivity index (χ0n) is 23.7. The third-order valence-electron chi connectivity index (χ3n) is 6.98. The predicted octanol–water partition coefficient (Wildman–Crippen LogP) is 4.63. The van der Waals surface area contributed by atoms with Gasteiger partial charge in [0.1, 0.15) is 0 Å². The van der Waals surface area contributed by atoms with E-state index in [1.165, 1.54) is 11.4 Å². The summed E-state index contributed by atoms with van der Waals surface area (Å²) in [5.41, 5.74) is 3.19. The standard InChI is InChI=1S/C35H37NO5Se/c1-26(37)36-32-34(40-24-29-18-10-4-11-19-29)33(39-23-28-16-8-3-9-17-28)31(25-38-22-27-14-6-2-7-15-27)41-35(32)42-30-20-12-5-13-21-30/h2-21,31-35H,22-25H2,1H3,(H,36,37)/t31-,32-,33+,34-,35-/m1/s1. The van der Waals surface area contributed by atoms with Crippen LogP contribution in [0, 0.1) is 0 Å². The second-order valence-corrected chi connectivity index (χ2v) is 12.7. The van der Waals surface area contributed by atoms with Crippen LogP contribution < -0.4 is 9.78 Å². The van der Waals surface area contributed by atoms with Crippen LogP contribution in [0.2, 0.25) is 0 Å². The number of rotatable bonds is 13. The van der Waals surface area contributed by atoms with Crippen LogP contribution in [0.1, 0.15) is 23.6 Å². The van der Waals surface area contributed by atoms with Crippen LogP contribution in [0.3, 0.4) is 0 Å². The maximum absolute atomic E-state index is 12.5. The van der Waals surface area contributed by atoms with Gasteiger partial charge in [-0.05, 0) is 0 Å². The van der Waals surface area contributed by atoms with Crippen LogP contribution in [-0.4, -0.2) is 56.8 Å². The van der Waals surface area contributed by atoms with Gasteiger partial charge in [-0.3, -0.25) is 0 Å². The molecule has 1 fully saturated rings. The van der Waals surface area contributed by atoms with Crippen molar-refractivity contribution in [3.8, 4) is 0 Å². The molecule has 0 unspecified atom stereocenters. The molecule has 0 aliphatic carbocycles. The fraction of sp³-hybridized carbons (Fsp3) is 0.286. The van der Waals surface area contributed by atoms with Crippen LogP contribution in [0.15, 0.2) is 121 Å². The Morgan fingerprint density at radius 3 is 1.69 bits per heavy atom. The Morgan fingerprint density at radius 1 is 0.690 bits per heavy atom. The van der Waals surface area contributed by atoms with E-state index >= 15 is 0 Å². The van der Waals surface area contributed by atoms with Gasteiger partial charge in [0.15, 0.2) is 0 Å². The summed E-state index contributed by atoms with van der Waals surface area (Å²) in [5, 5.41) is 2.89. The van der Waals surface area contributed by atoms with Crippen molar-refractivity contribution in [3.05, 3.63) is 138 Å². The Bertz CT molecular complexity index is 1340. The Morgan fingerprint density at radius 2 is 1.17 bits per heavy atom. The molecule has 0 saturated carbocycles. The first kappa shape index (κ1) is 30.2. The Hall–Kier alpha value is -3.29. The first-order valence-electron chi connectivity index (χ1n) is 14.2. The van der Waals surface area contributed by atoms with E-state index < -0.39 is 24.4 Å². The van der Waals surface area contributed by atoms with Gasteiger partial charge in [0.2, 0.25) is 0 Å². The molecule has 1 amide bonds. The first-order chi connectivity index (χ1) is 20.7. The molecule has 7 heteroatoms. The van der Waals surface area contributed by atoms with E-state index in [-0.39, 0.29) is 25.9 Å². The molecule has 1 aliphatic rings. The van der Waals surface area contributed by atoms with E-state index in [2.05, 4.69) is 17.4 Å². The quantitative estimate of drug-likeness (QED) is 0.218. The van der Waals surface area contributed by atoms with Gasteiger partial charge < -0.3 is 0 Å². The Kier molecular flexibility index (Phi) is 11.4. The van der Waals surface area contributed by atoms with Crippen molar-refractivity contribution in [1.82, 2.24) is 5.32 Å². The molecule has 218 valence electrons. The van der Waals surface area contributed by atoms with Crippen molar-refractivity contribution in [2.75, 3.05) is 6.61 Å². The number of benzene rings is 4. The molecular formula is C35H37NO5Se. The fourth-order valence-electron chi connectivity index (χ4n) is 4.96. The molecule has 1 saturated heterocycles. The van der Waals surface area contributed by atoms with Crippen molar-refractivity contribution in [1.29, 1.82) is 0 Å². The minimum atomic E-state index is -0.482. The molecule has 0 bridgehead atoms. The van der Waals surface area contributed by atoms with E-state index in [4.69, 9.17) is 18.9 Å². The van der Waals surface area contributed by atoms with E-state index in [9.17, 15) is 4.79 Å². The topological polar surface area (TPSA) is 66.0 Å². The third kappa shape index (κ3) is 8.85. The Labute approximate surface area is 254 Å². The van der Waals surface area contributed by atoms with Gasteiger partial charge in [-0.1, -0.05) is 0 Å². The number of hydrogen-bond donors (Lipinski definition) is 1. The minimum absolute atomic E-state index is 0.106. The van der Waals surface area contributed by atoms with Crippen LogP contribution in [0.4, 0.5) is 0 Å². The number of amides is 1. The second-order valence-electron chi connectivity index (χ2n) is 10.2. The molecule has 5 rings (SSSR count). The van der Waals surface area contributed by atoms with Gasteiger partial charge in [-0.25, -0.2) is 0 Å². The molecule has 42 heavy (non-hydrogen) atoms. The second kappa shape index (κ2) is 15.8. The summed E-state index contributed by atoms with van der Waals surface area (Å²) in [6.45, 7) is 3.10. The normalized spacial score (nSPS) is 22.0. The van der Waals surface area contributed by atoms with Crippen molar-refractivity contribution in [2.24, 2.45) is 0 Å². The first-order valence-corrected chi connectivity index (χ1v) is 16.1. The molecular weight excluding hydrogens is 593 g/mol. The van der Waals surface area contributed by atoms with E-state index in [0.29, 0.717) is 26.4 Å². The van der Waals surface area contributed by atoms with Gasteiger partial charge >= 0.3 is 255 Å². The molecule has 1 heterocycles. The van der Waals surface area contributed by atoms with Crippen molar-refractivity contribution < 1.29 is 23.7 Å². The molecule has 0 radical (unpaired) electrons.